The third kappa shape index (κ3) is 5.13. The zero-order valence-corrected chi connectivity index (χ0v) is 13.5. The molecular weight excluding hydrogens is 353 g/mol. The minimum Gasteiger partial charge on any atom is -0.345 e. The molecule has 0 saturated carbocycles. The fourth-order valence-corrected chi connectivity index (χ4v) is 2.27. The highest BCUT2D eigenvalue weighted by Crippen LogP contribution is 2.35. The van der Waals surface area contributed by atoms with Crippen LogP contribution in [0.4, 0.5) is 27.8 Å². The van der Waals surface area contributed by atoms with Gasteiger partial charge >= 0.3 is 6.18 Å². The monoisotopic (exact) mass is 369 g/mol. The van der Waals surface area contributed by atoms with Crippen LogP contribution in [0.3, 0.4) is 0 Å². The van der Waals surface area contributed by atoms with E-state index in [4.69, 9.17) is 5.73 Å². The average Bonchev–Trinajstić information content (AvgIpc) is 2.56. The molecule has 0 aliphatic rings. The van der Waals surface area contributed by atoms with Gasteiger partial charge in [0, 0.05) is 18.3 Å². The van der Waals surface area contributed by atoms with Crippen molar-refractivity contribution in [2.45, 2.75) is 18.6 Å². The van der Waals surface area contributed by atoms with E-state index < -0.39 is 29.4 Å². The molecule has 8 heteroatoms. The van der Waals surface area contributed by atoms with E-state index in [2.05, 4.69) is 16.9 Å². The second-order valence-electron chi connectivity index (χ2n) is 5.50. The summed E-state index contributed by atoms with van der Waals surface area (Å²) < 4.78 is 65.3. The average molecular weight is 369 g/mol. The van der Waals surface area contributed by atoms with Crippen molar-refractivity contribution >= 4 is 11.4 Å². The molecule has 2 aromatic rings. The molecule has 138 valence electrons. The van der Waals surface area contributed by atoms with Crippen LogP contribution in [-0.2, 0) is 6.18 Å². The molecule has 0 aliphatic carbocycles. The number of nitrogens with zero attached hydrogens (tertiary/aromatic N) is 1. The molecule has 0 fully saturated rings. The second kappa shape index (κ2) is 8.09. The van der Waals surface area contributed by atoms with Crippen LogP contribution in [0.2, 0.25) is 0 Å². The van der Waals surface area contributed by atoms with Crippen molar-refractivity contribution < 1.29 is 22.0 Å². The lowest BCUT2D eigenvalue weighted by molar-refractivity contribution is -0.137. The molecular formula is C18H16F5N3. The fourth-order valence-electron chi connectivity index (χ4n) is 2.27. The number of rotatable bonds is 6. The number of aromatic nitrogens is 1. The topological polar surface area (TPSA) is 50.9 Å². The van der Waals surface area contributed by atoms with E-state index in [9.17, 15) is 22.0 Å². The Hall–Kier alpha value is -2.74. The predicted molar refractivity (Wildman–Crippen MR) is 90.0 cm³/mol. The highest BCUT2D eigenvalue weighted by molar-refractivity contribution is 5.67. The van der Waals surface area contributed by atoms with Crippen molar-refractivity contribution in [3.63, 3.8) is 0 Å². The number of pyridine rings is 1. The van der Waals surface area contributed by atoms with Gasteiger partial charge in [0.2, 0.25) is 0 Å². The zero-order valence-electron chi connectivity index (χ0n) is 13.5. The number of nitrogens with two attached hydrogens (primary N) is 1. The molecule has 0 amide bonds. The van der Waals surface area contributed by atoms with Crippen LogP contribution in [-0.4, -0.2) is 11.0 Å². The molecule has 3 nitrogen and oxygen atoms in total. The molecule has 1 atom stereocenters. The van der Waals surface area contributed by atoms with Crippen molar-refractivity contribution in [1.82, 2.24) is 4.98 Å². The van der Waals surface area contributed by atoms with Gasteiger partial charge < -0.3 is 11.1 Å². The Bertz CT molecular complexity index is 815. The van der Waals surface area contributed by atoms with Crippen LogP contribution < -0.4 is 11.1 Å². The van der Waals surface area contributed by atoms with Crippen molar-refractivity contribution in [2.75, 3.05) is 5.32 Å². The van der Waals surface area contributed by atoms with Gasteiger partial charge in [0.05, 0.1) is 11.8 Å². The molecule has 1 heterocycles. The molecule has 0 saturated heterocycles. The summed E-state index contributed by atoms with van der Waals surface area (Å²) in [6.45, 7) is 3.68. The van der Waals surface area contributed by atoms with Gasteiger partial charge in [0.1, 0.15) is 5.82 Å². The highest BCUT2D eigenvalue weighted by atomic mass is 19.4. The van der Waals surface area contributed by atoms with Gasteiger partial charge in [-0.2, -0.15) is 13.2 Å². The lowest BCUT2D eigenvalue weighted by Gasteiger charge is -2.16. The Morgan fingerprint density at radius 2 is 1.96 bits per heavy atom. The zero-order chi connectivity index (χ0) is 19.3. The normalized spacial score (nSPS) is 13.0. The summed E-state index contributed by atoms with van der Waals surface area (Å²) in [5.41, 5.74) is 5.27. The van der Waals surface area contributed by atoms with Crippen molar-refractivity contribution in [3.8, 4) is 0 Å². The number of hydrogen-bond donors (Lipinski definition) is 2. The minimum atomic E-state index is -4.49. The van der Waals surface area contributed by atoms with E-state index in [-0.39, 0.29) is 23.4 Å². The first-order valence-corrected chi connectivity index (χ1v) is 7.52. The van der Waals surface area contributed by atoms with Gasteiger partial charge in [0.25, 0.3) is 0 Å². The Balaban J connectivity index is 2.01. The number of nitrogens with one attached hydrogen (secondary N) is 1. The third-order valence-corrected chi connectivity index (χ3v) is 3.47. The van der Waals surface area contributed by atoms with Gasteiger partial charge in [-0.15, -0.1) is 0 Å². The first kappa shape index (κ1) is 19.6. The van der Waals surface area contributed by atoms with Gasteiger partial charge in [-0.1, -0.05) is 30.9 Å². The van der Waals surface area contributed by atoms with E-state index in [0.29, 0.717) is 6.07 Å². The standard InChI is InChI=1S/C18H16F5N3/c1-11(14-4-2-3-5-15(14)18(21,22)23)8-13(24)6-7-25-17-16(20)9-12(19)10-26-17/h2-7,9-10,13H,1,8,24H2,(H,25,26)/b7-6-. The Labute approximate surface area is 147 Å². The van der Waals surface area contributed by atoms with Gasteiger partial charge in [-0.05, 0) is 23.6 Å². The Morgan fingerprint density at radius 1 is 1.27 bits per heavy atom. The molecule has 0 radical (unpaired) electrons. The van der Waals surface area contributed by atoms with E-state index in [1.165, 1.54) is 30.5 Å². The summed E-state index contributed by atoms with van der Waals surface area (Å²) in [4.78, 5) is 3.53. The predicted octanol–water partition coefficient (Wildman–Crippen LogP) is 4.74. The van der Waals surface area contributed by atoms with E-state index in [0.717, 1.165) is 12.3 Å². The maximum Gasteiger partial charge on any atom is 0.416 e. The van der Waals surface area contributed by atoms with Crippen LogP contribution >= 0.6 is 0 Å². The Kier molecular flexibility index (Phi) is 6.10. The molecule has 1 aromatic heterocycles. The highest BCUT2D eigenvalue weighted by Gasteiger charge is 2.33. The van der Waals surface area contributed by atoms with Crippen LogP contribution in [0.5, 0.6) is 0 Å². The van der Waals surface area contributed by atoms with E-state index in [1.54, 1.807) is 0 Å². The number of halogens is 5. The fraction of sp³-hybridized carbons (Fsp3) is 0.167. The van der Waals surface area contributed by atoms with Gasteiger partial charge in [0.15, 0.2) is 11.6 Å². The van der Waals surface area contributed by atoms with Crippen LogP contribution in [0.1, 0.15) is 17.5 Å². The molecule has 1 unspecified atom stereocenters. The molecule has 0 spiro atoms. The van der Waals surface area contributed by atoms with E-state index >= 15 is 0 Å². The number of anilines is 1. The first-order valence-electron chi connectivity index (χ1n) is 7.52. The number of hydrogen-bond acceptors (Lipinski definition) is 3. The molecule has 0 aliphatic heterocycles. The molecule has 0 bridgehead atoms. The minimum absolute atomic E-state index is 0.0249. The smallest absolute Gasteiger partial charge is 0.345 e. The SMILES string of the molecule is C=C(CC(N)/C=C\Nc1ncc(F)cc1F)c1ccccc1C(F)(F)F. The quantitative estimate of drug-likeness (QED) is 0.724. The largest absolute Gasteiger partial charge is 0.416 e. The number of alkyl halides is 3. The molecule has 26 heavy (non-hydrogen) atoms. The van der Waals surface area contributed by atoms with Crippen LogP contribution in [0.25, 0.3) is 5.57 Å². The van der Waals surface area contributed by atoms with Crippen LogP contribution in [0, 0.1) is 11.6 Å². The van der Waals surface area contributed by atoms with Crippen LogP contribution in [0.15, 0.2) is 55.4 Å². The summed E-state index contributed by atoms with van der Waals surface area (Å²) in [5, 5.41) is 2.50. The van der Waals surface area contributed by atoms with E-state index in [1.807, 2.05) is 0 Å². The third-order valence-electron chi connectivity index (χ3n) is 3.47. The molecule has 1 aromatic carbocycles. The van der Waals surface area contributed by atoms with Crippen molar-refractivity contribution in [2.24, 2.45) is 5.73 Å². The summed E-state index contributed by atoms with van der Waals surface area (Å²) in [6.07, 6.45) is -0.880. The maximum atomic E-state index is 13.4. The maximum absolute atomic E-state index is 13.4. The first-order chi connectivity index (χ1) is 12.2. The van der Waals surface area contributed by atoms with Crippen molar-refractivity contribution in [1.29, 1.82) is 0 Å². The summed E-state index contributed by atoms with van der Waals surface area (Å²) in [5.74, 6) is -1.89. The lowest BCUT2D eigenvalue weighted by atomic mass is 9.95. The molecule has 2 rings (SSSR count). The Morgan fingerprint density at radius 3 is 2.62 bits per heavy atom. The summed E-state index contributed by atoms with van der Waals surface area (Å²) >= 11 is 0. The second-order valence-corrected chi connectivity index (χ2v) is 5.50. The van der Waals surface area contributed by atoms with Gasteiger partial charge in [-0.3, -0.25) is 0 Å². The summed E-state index contributed by atoms with van der Waals surface area (Å²) in [7, 11) is 0. The lowest BCUT2D eigenvalue weighted by Crippen LogP contribution is -2.18. The summed E-state index contributed by atoms with van der Waals surface area (Å²) in [6, 6.07) is 5.10. The molecule has 3 N–H and O–H groups in total. The van der Waals surface area contributed by atoms with Crippen molar-refractivity contribution in [3.05, 3.63) is 78.1 Å². The van der Waals surface area contributed by atoms with Gasteiger partial charge in [-0.25, -0.2) is 13.8 Å². The number of benzene rings is 1.